The second kappa shape index (κ2) is 7.97. The number of aromatic nitrogens is 2. The third kappa shape index (κ3) is 3.84. The minimum atomic E-state index is 0.502. The summed E-state index contributed by atoms with van der Waals surface area (Å²) in [6.07, 6.45) is 7.59. The molecule has 142 valence electrons. The third-order valence-electron chi connectivity index (χ3n) is 5.42. The molecule has 0 radical (unpaired) electrons. The van der Waals surface area contributed by atoms with Crippen LogP contribution in [0.25, 0.3) is 21.8 Å². The summed E-state index contributed by atoms with van der Waals surface area (Å²) >= 11 is 0. The fourth-order valence-electron chi connectivity index (χ4n) is 3.74. The number of unbranched alkanes of at least 4 members (excludes halogenated alkanes) is 1. The van der Waals surface area contributed by atoms with Crippen LogP contribution in [-0.2, 0) is 19.3 Å². The van der Waals surface area contributed by atoms with Gasteiger partial charge < -0.3 is 5.73 Å². The smallest absolute Gasteiger partial charge is 0.150 e. The average Bonchev–Trinajstić information content (AvgIpc) is 2.71. The van der Waals surface area contributed by atoms with Crippen LogP contribution in [0.5, 0.6) is 0 Å². The number of nitrogens with zero attached hydrogens (tertiary/aromatic N) is 2. The number of benzene rings is 2. The zero-order valence-corrected chi connectivity index (χ0v) is 16.7. The van der Waals surface area contributed by atoms with Crippen molar-refractivity contribution >= 4 is 27.6 Å². The molecule has 0 aliphatic rings. The van der Waals surface area contributed by atoms with Crippen molar-refractivity contribution < 1.29 is 0 Å². The van der Waals surface area contributed by atoms with Gasteiger partial charge in [-0.1, -0.05) is 49.7 Å². The molecule has 3 nitrogen and oxygen atoms in total. The largest absolute Gasteiger partial charge is 0.382 e. The highest BCUT2D eigenvalue weighted by Crippen LogP contribution is 2.28. The van der Waals surface area contributed by atoms with E-state index in [9.17, 15) is 0 Å². The number of pyridine rings is 2. The van der Waals surface area contributed by atoms with Crippen LogP contribution < -0.4 is 5.73 Å². The van der Waals surface area contributed by atoms with Gasteiger partial charge in [0.2, 0.25) is 0 Å². The van der Waals surface area contributed by atoms with E-state index in [-0.39, 0.29) is 0 Å². The average molecular weight is 370 g/mol. The quantitative estimate of drug-likeness (QED) is 0.437. The number of fused-ring (bicyclic) bond motifs is 3. The summed E-state index contributed by atoms with van der Waals surface area (Å²) in [5.74, 6) is 0.502. The lowest BCUT2D eigenvalue weighted by Crippen LogP contribution is -1.98. The van der Waals surface area contributed by atoms with Crippen molar-refractivity contribution in [3.05, 3.63) is 77.0 Å². The summed E-state index contributed by atoms with van der Waals surface area (Å²) in [5, 5.41) is 2.21. The third-order valence-corrected chi connectivity index (χ3v) is 5.42. The van der Waals surface area contributed by atoms with E-state index in [0.717, 1.165) is 34.6 Å². The first-order chi connectivity index (χ1) is 13.6. The summed E-state index contributed by atoms with van der Waals surface area (Å²) < 4.78 is 0. The normalized spacial score (nSPS) is 11.4. The van der Waals surface area contributed by atoms with Crippen LogP contribution in [0.3, 0.4) is 0 Å². The molecule has 2 aromatic heterocycles. The second-order valence-corrected chi connectivity index (χ2v) is 7.68. The van der Waals surface area contributed by atoms with Gasteiger partial charge in [-0.25, -0.2) is 4.98 Å². The number of anilines is 1. The Morgan fingerprint density at radius 3 is 2.29 bits per heavy atom. The van der Waals surface area contributed by atoms with Gasteiger partial charge >= 0.3 is 0 Å². The van der Waals surface area contributed by atoms with E-state index in [1.807, 2.05) is 6.20 Å². The SMILES string of the molecule is CCCCc1ccc(CCc2cnc3c(N)nc4cc(C)ccc4c3c2)cc1. The van der Waals surface area contributed by atoms with Crippen molar-refractivity contribution in [2.24, 2.45) is 0 Å². The van der Waals surface area contributed by atoms with Gasteiger partial charge in [0.25, 0.3) is 0 Å². The summed E-state index contributed by atoms with van der Waals surface area (Å²) in [7, 11) is 0. The number of hydrogen-bond acceptors (Lipinski definition) is 3. The van der Waals surface area contributed by atoms with Crippen LogP contribution in [0.15, 0.2) is 54.7 Å². The van der Waals surface area contributed by atoms with Crippen molar-refractivity contribution in [3.8, 4) is 0 Å². The van der Waals surface area contributed by atoms with Gasteiger partial charge in [-0.05, 0) is 67.0 Å². The molecule has 2 heterocycles. The van der Waals surface area contributed by atoms with Crippen LogP contribution in [0.2, 0.25) is 0 Å². The molecule has 0 aliphatic heterocycles. The van der Waals surface area contributed by atoms with E-state index >= 15 is 0 Å². The van der Waals surface area contributed by atoms with Gasteiger partial charge in [-0.3, -0.25) is 4.98 Å². The molecule has 0 atom stereocenters. The first kappa shape index (κ1) is 18.4. The van der Waals surface area contributed by atoms with E-state index in [4.69, 9.17) is 5.73 Å². The first-order valence-corrected chi connectivity index (χ1v) is 10.2. The number of aryl methyl sites for hydroxylation is 4. The molecule has 0 saturated carbocycles. The van der Waals surface area contributed by atoms with Gasteiger partial charge in [0, 0.05) is 17.0 Å². The molecule has 0 bridgehead atoms. The molecule has 4 aromatic rings. The van der Waals surface area contributed by atoms with Gasteiger partial charge in [-0.15, -0.1) is 0 Å². The van der Waals surface area contributed by atoms with Crippen LogP contribution in [0.4, 0.5) is 5.82 Å². The number of nitrogens with two attached hydrogens (primary N) is 1. The minimum Gasteiger partial charge on any atom is -0.382 e. The minimum absolute atomic E-state index is 0.502. The highest BCUT2D eigenvalue weighted by Gasteiger charge is 2.09. The van der Waals surface area contributed by atoms with Gasteiger partial charge in [0.1, 0.15) is 5.52 Å². The number of nitrogen functional groups attached to an aromatic ring is 1. The van der Waals surface area contributed by atoms with Crippen molar-refractivity contribution in [2.75, 3.05) is 5.73 Å². The highest BCUT2D eigenvalue weighted by atomic mass is 14.9. The predicted octanol–water partition coefficient (Wildman–Crippen LogP) is 5.80. The Labute approximate surface area is 166 Å². The molecule has 4 rings (SSSR count). The molecule has 0 spiro atoms. The first-order valence-electron chi connectivity index (χ1n) is 10.2. The lowest BCUT2D eigenvalue weighted by Gasteiger charge is -2.09. The van der Waals surface area contributed by atoms with E-state index in [1.54, 1.807) is 0 Å². The molecule has 0 aliphatic carbocycles. The molecule has 2 N–H and O–H groups in total. The second-order valence-electron chi connectivity index (χ2n) is 7.68. The molecule has 0 amide bonds. The number of hydrogen-bond donors (Lipinski definition) is 1. The fraction of sp³-hybridized carbons (Fsp3) is 0.280. The Morgan fingerprint density at radius 1 is 0.821 bits per heavy atom. The maximum atomic E-state index is 6.16. The Balaban J connectivity index is 1.58. The molecular weight excluding hydrogens is 342 g/mol. The van der Waals surface area contributed by atoms with E-state index in [1.165, 1.54) is 41.5 Å². The Morgan fingerprint density at radius 2 is 1.54 bits per heavy atom. The molecule has 28 heavy (non-hydrogen) atoms. The van der Waals surface area contributed by atoms with Gasteiger partial charge in [-0.2, -0.15) is 0 Å². The van der Waals surface area contributed by atoms with E-state index < -0.39 is 0 Å². The van der Waals surface area contributed by atoms with Crippen LogP contribution in [0, 0.1) is 6.92 Å². The van der Waals surface area contributed by atoms with E-state index in [2.05, 4.69) is 72.3 Å². The standard InChI is InChI=1S/C25H27N3/c1-3-4-5-18-7-9-19(10-8-18)11-12-20-15-22-21-13-6-17(2)14-23(21)28-25(26)24(22)27-16-20/h6-10,13-16H,3-5,11-12H2,1-2H3,(H2,26,28). The molecule has 0 fully saturated rings. The van der Waals surface area contributed by atoms with Crippen LogP contribution >= 0.6 is 0 Å². The summed E-state index contributed by atoms with van der Waals surface area (Å²) in [6, 6.07) is 17.6. The van der Waals surface area contributed by atoms with Crippen molar-refractivity contribution in [1.29, 1.82) is 0 Å². The van der Waals surface area contributed by atoms with Gasteiger partial charge in [0.05, 0.1) is 5.52 Å². The molecule has 3 heteroatoms. The van der Waals surface area contributed by atoms with E-state index in [0.29, 0.717) is 5.82 Å². The van der Waals surface area contributed by atoms with Crippen LogP contribution in [0.1, 0.15) is 42.0 Å². The molecule has 0 saturated heterocycles. The molecule has 0 unspecified atom stereocenters. The number of rotatable bonds is 6. The Kier molecular flexibility index (Phi) is 5.25. The monoisotopic (exact) mass is 369 g/mol. The van der Waals surface area contributed by atoms with Crippen molar-refractivity contribution in [3.63, 3.8) is 0 Å². The Hall–Kier alpha value is -2.94. The maximum absolute atomic E-state index is 6.16. The molecular formula is C25H27N3. The van der Waals surface area contributed by atoms with Crippen LogP contribution in [-0.4, -0.2) is 9.97 Å². The fourth-order valence-corrected chi connectivity index (χ4v) is 3.74. The predicted molar refractivity (Wildman–Crippen MR) is 119 cm³/mol. The van der Waals surface area contributed by atoms with Crippen molar-refractivity contribution in [1.82, 2.24) is 9.97 Å². The summed E-state index contributed by atoms with van der Waals surface area (Å²) in [6.45, 7) is 4.31. The Bertz CT molecular complexity index is 1110. The lowest BCUT2D eigenvalue weighted by atomic mass is 10.0. The zero-order valence-electron chi connectivity index (χ0n) is 16.7. The van der Waals surface area contributed by atoms with Crippen molar-refractivity contribution in [2.45, 2.75) is 46.0 Å². The molecule has 2 aromatic carbocycles. The maximum Gasteiger partial charge on any atom is 0.150 e. The highest BCUT2D eigenvalue weighted by molar-refractivity contribution is 6.08. The summed E-state index contributed by atoms with van der Waals surface area (Å²) in [5.41, 5.74) is 13.1. The topological polar surface area (TPSA) is 51.8 Å². The summed E-state index contributed by atoms with van der Waals surface area (Å²) in [4.78, 5) is 9.16. The van der Waals surface area contributed by atoms with Gasteiger partial charge in [0.15, 0.2) is 5.82 Å². The zero-order chi connectivity index (χ0) is 19.5. The lowest BCUT2D eigenvalue weighted by molar-refractivity contribution is 0.794.